The third-order valence-electron chi connectivity index (χ3n) is 2.54. The molecule has 2 rings (SSSR count). The van der Waals surface area contributed by atoms with Crippen molar-refractivity contribution in [3.05, 3.63) is 23.2 Å². The first kappa shape index (κ1) is 11.7. The van der Waals surface area contributed by atoms with E-state index in [1.807, 2.05) is 6.07 Å². The van der Waals surface area contributed by atoms with Crippen LogP contribution in [0.25, 0.3) is 11.0 Å². The van der Waals surface area contributed by atoms with Crippen LogP contribution < -0.4 is 5.73 Å². The standard InChI is InChI=1S/C11H13ClN4O/c1-15(2)9(17)6-16-10-7(12)4-3-5-8(10)14-11(16)13/h3-5H,6H2,1-2H3,(H2,13,14). The smallest absolute Gasteiger partial charge is 0.242 e. The Bertz CT molecular complexity index is 576. The highest BCUT2D eigenvalue weighted by Gasteiger charge is 2.14. The van der Waals surface area contributed by atoms with Crippen molar-refractivity contribution in [2.24, 2.45) is 0 Å². The summed E-state index contributed by atoms with van der Waals surface area (Å²) in [7, 11) is 3.39. The van der Waals surface area contributed by atoms with E-state index in [0.29, 0.717) is 22.0 Å². The van der Waals surface area contributed by atoms with Crippen LogP contribution in [-0.2, 0) is 11.3 Å². The number of nitrogen functional groups attached to an aromatic ring is 1. The minimum Gasteiger partial charge on any atom is -0.369 e. The van der Waals surface area contributed by atoms with Crippen molar-refractivity contribution in [3.63, 3.8) is 0 Å². The molecule has 0 unspecified atom stereocenters. The highest BCUT2D eigenvalue weighted by molar-refractivity contribution is 6.35. The predicted molar refractivity (Wildman–Crippen MR) is 67.8 cm³/mol. The second-order valence-electron chi connectivity index (χ2n) is 3.95. The van der Waals surface area contributed by atoms with Crippen molar-refractivity contribution in [2.45, 2.75) is 6.54 Å². The van der Waals surface area contributed by atoms with E-state index in [1.165, 1.54) is 4.90 Å². The van der Waals surface area contributed by atoms with Crippen LogP contribution in [0, 0.1) is 0 Å². The maximum absolute atomic E-state index is 11.7. The number of carbonyl (C=O) groups is 1. The van der Waals surface area contributed by atoms with E-state index in [2.05, 4.69) is 4.98 Å². The molecule has 1 heterocycles. The summed E-state index contributed by atoms with van der Waals surface area (Å²) in [4.78, 5) is 17.4. The number of fused-ring (bicyclic) bond motifs is 1. The van der Waals surface area contributed by atoms with Crippen molar-refractivity contribution in [2.75, 3.05) is 19.8 Å². The largest absolute Gasteiger partial charge is 0.369 e. The second kappa shape index (κ2) is 4.25. The number of hydrogen-bond donors (Lipinski definition) is 1. The third-order valence-corrected chi connectivity index (χ3v) is 2.84. The summed E-state index contributed by atoms with van der Waals surface area (Å²) in [6.45, 7) is 0.138. The summed E-state index contributed by atoms with van der Waals surface area (Å²) in [5, 5.41) is 0.540. The SMILES string of the molecule is CN(C)C(=O)Cn1c(N)nc2cccc(Cl)c21. The molecule has 1 aromatic carbocycles. The highest BCUT2D eigenvalue weighted by atomic mass is 35.5. The van der Waals surface area contributed by atoms with E-state index < -0.39 is 0 Å². The van der Waals surface area contributed by atoms with Gasteiger partial charge in [0, 0.05) is 14.1 Å². The van der Waals surface area contributed by atoms with E-state index in [1.54, 1.807) is 30.8 Å². The molecule has 0 saturated heterocycles. The zero-order valence-corrected chi connectivity index (χ0v) is 10.4. The molecular formula is C11H13ClN4O. The van der Waals surface area contributed by atoms with Crippen LogP contribution in [0.5, 0.6) is 0 Å². The molecule has 0 radical (unpaired) electrons. The third kappa shape index (κ3) is 2.06. The van der Waals surface area contributed by atoms with E-state index in [4.69, 9.17) is 17.3 Å². The van der Waals surface area contributed by atoms with Gasteiger partial charge in [0.25, 0.3) is 0 Å². The highest BCUT2D eigenvalue weighted by Crippen LogP contribution is 2.25. The number of anilines is 1. The lowest BCUT2D eigenvalue weighted by molar-refractivity contribution is -0.129. The molecule has 0 atom stereocenters. The molecule has 0 fully saturated rings. The quantitative estimate of drug-likeness (QED) is 0.878. The van der Waals surface area contributed by atoms with Gasteiger partial charge in [0.2, 0.25) is 11.9 Å². The fourth-order valence-electron chi connectivity index (χ4n) is 1.60. The number of nitrogens with two attached hydrogens (primary N) is 1. The summed E-state index contributed by atoms with van der Waals surface area (Å²) < 4.78 is 1.62. The number of benzene rings is 1. The first-order valence-electron chi connectivity index (χ1n) is 5.11. The molecule has 2 N–H and O–H groups in total. The zero-order valence-electron chi connectivity index (χ0n) is 9.64. The maximum Gasteiger partial charge on any atom is 0.242 e. The number of rotatable bonds is 2. The van der Waals surface area contributed by atoms with Crippen LogP contribution in [-0.4, -0.2) is 34.5 Å². The van der Waals surface area contributed by atoms with Gasteiger partial charge in [-0.05, 0) is 12.1 Å². The Hall–Kier alpha value is -1.75. The number of hydrogen-bond acceptors (Lipinski definition) is 3. The number of para-hydroxylation sites is 1. The van der Waals surface area contributed by atoms with Gasteiger partial charge in [0.1, 0.15) is 6.54 Å². The summed E-state index contributed by atoms with van der Waals surface area (Å²) >= 11 is 6.10. The Labute approximate surface area is 104 Å². The van der Waals surface area contributed by atoms with Crippen LogP contribution >= 0.6 is 11.6 Å². The summed E-state index contributed by atoms with van der Waals surface area (Å²) in [6, 6.07) is 5.37. The number of carbonyl (C=O) groups excluding carboxylic acids is 1. The molecule has 17 heavy (non-hydrogen) atoms. The molecule has 6 heteroatoms. The van der Waals surface area contributed by atoms with E-state index in [-0.39, 0.29) is 12.5 Å². The van der Waals surface area contributed by atoms with E-state index >= 15 is 0 Å². The van der Waals surface area contributed by atoms with Crippen molar-refractivity contribution >= 4 is 34.5 Å². The average molecular weight is 253 g/mol. The molecule has 0 aliphatic carbocycles. The van der Waals surface area contributed by atoms with Gasteiger partial charge in [0.15, 0.2) is 0 Å². The lowest BCUT2D eigenvalue weighted by atomic mass is 10.3. The number of likely N-dealkylation sites (N-methyl/N-ethyl adjacent to an activating group) is 1. The van der Waals surface area contributed by atoms with Crippen LogP contribution in [0.15, 0.2) is 18.2 Å². The molecule has 1 aromatic heterocycles. The van der Waals surface area contributed by atoms with Gasteiger partial charge < -0.3 is 10.6 Å². The zero-order chi connectivity index (χ0) is 12.6. The minimum atomic E-state index is -0.0593. The fraction of sp³-hybridized carbons (Fsp3) is 0.273. The number of aromatic nitrogens is 2. The maximum atomic E-state index is 11.7. The number of imidazole rings is 1. The molecule has 0 aliphatic heterocycles. The van der Waals surface area contributed by atoms with Crippen molar-refractivity contribution < 1.29 is 4.79 Å². The fourth-order valence-corrected chi connectivity index (χ4v) is 1.87. The average Bonchev–Trinajstić information content (AvgIpc) is 2.56. The van der Waals surface area contributed by atoms with Crippen LogP contribution in [0.4, 0.5) is 5.95 Å². The van der Waals surface area contributed by atoms with Crippen molar-refractivity contribution in [3.8, 4) is 0 Å². The summed E-state index contributed by atoms with van der Waals surface area (Å²) in [5.41, 5.74) is 7.19. The van der Waals surface area contributed by atoms with Gasteiger partial charge >= 0.3 is 0 Å². The molecule has 90 valence electrons. The molecule has 1 amide bonds. The molecule has 0 spiro atoms. The van der Waals surface area contributed by atoms with E-state index in [0.717, 1.165) is 0 Å². The Morgan fingerprint density at radius 1 is 1.53 bits per heavy atom. The Balaban J connectivity index is 2.53. The molecule has 0 aliphatic rings. The Morgan fingerprint density at radius 3 is 2.88 bits per heavy atom. The molecular weight excluding hydrogens is 240 g/mol. The van der Waals surface area contributed by atoms with Crippen molar-refractivity contribution in [1.29, 1.82) is 0 Å². The topological polar surface area (TPSA) is 64.2 Å². The number of amides is 1. The predicted octanol–water partition coefficient (Wildman–Crippen LogP) is 1.36. The van der Waals surface area contributed by atoms with Gasteiger partial charge in [-0.1, -0.05) is 17.7 Å². The molecule has 2 aromatic rings. The van der Waals surface area contributed by atoms with Crippen LogP contribution in [0.1, 0.15) is 0 Å². The number of nitrogens with zero attached hydrogens (tertiary/aromatic N) is 3. The van der Waals surface area contributed by atoms with Gasteiger partial charge in [-0.25, -0.2) is 4.98 Å². The minimum absolute atomic E-state index is 0.0593. The molecule has 5 nitrogen and oxygen atoms in total. The van der Waals surface area contributed by atoms with Gasteiger partial charge in [-0.2, -0.15) is 0 Å². The first-order valence-corrected chi connectivity index (χ1v) is 5.49. The van der Waals surface area contributed by atoms with Gasteiger partial charge in [-0.15, -0.1) is 0 Å². The summed E-state index contributed by atoms with van der Waals surface area (Å²) in [6.07, 6.45) is 0. The van der Waals surface area contributed by atoms with Crippen LogP contribution in [0.3, 0.4) is 0 Å². The van der Waals surface area contributed by atoms with Gasteiger partial charge in [-0.3, -0.25) is 9.36 Å². The Kier molecular flexibility index (Phi) is 2.93. The van der Waals surface area contributed by atoms with Gasteiger partial charge in [0.05, 0.1) is 16.1 Å². The summed E-state index contributed by atoms with van der Waals surface area (Å²) in [5.74, 6) is 0.235. The monoisotopic (exact) mass is 252 g/mol. The van der Waals surface area contributed by atoms with Crippen LogP contribution in [0.2, 0.25) is 5.02 Å². The normalized spacial score (nSPS) is 10.8. The first-order chi connectivity index (χ1) is 8.00. The molecule has 0 saturated carbocycles. The van der Waals surface area contributed by atoms with Crippen molar-refractivity contribution in [1.82, 2.24) is 14.5 Å². The number of halogens is 1. The van der Waals surface area contributed by atoms with E-state index in [9.17, 15) is 4.79 Å². The molecule has 0 bridgehead atoms. The Morgan fingerprint density at radius 2 is 2.24 bits per heavy atom. The lowest BCUT2D eigenvalue weighted by Crippen LogP contribution is -2.26. The lowest BCUT2D eigenvalue weighted by Gasteiger charge is -2.12. The second-order valence-corrected chi connectivity index (χ2v) is 4.36.